The van der Waals surface area contributed by atoms with E-state index in [4.69, 9.17) is 4.42 Å². The zero-order valence-corrected chi connectivity index (χ0v) is 15.1. The number of nitrogens with zero attached hydrogens (tertiary/aromatic N) is 3. The number of pyridine rings is 1. The fourth-order valence-electron chi connectivity index (χ4n) is 3.01. The number of aromatic nitrogens is 1. The second kappa shape index (κ2) is 9.22. The summed E-state index contributed by atoms with van der Waals surface area (Å²) in [4.78, 5) is 10.7. The largest absolute Gasteiger partial charge is 0.469 e. The van der Waals surface area contributed by atoms with Gasteiger partial charge in [0, 0.05) is 44.8 Å². The molecular formula is C19H26FN5O. The Kier molecular flexibility index (Phi) is 6.46. The van der Waals surface area contributed by atoms with Crippen LogP contribution in [-0.4, -0.2) is 43.2 Å². The van der Waals surface area contributed by atoms with Gasteiger partial charge in [-0.25, -0.2) is 9.37 Å². The van der Waals surface area contributed by atoms with Crippen LogP contribution in [0.15, 0.2) is 46.1 Å². The van der Waals surface area contributed by atoms with E-state index in [2.05, 4.69) is 27.5 Å². The highest BCUT2D eigenvalue weighted by Gasteiger charge is 2.25. The molecule has 140 valence electrons. The SMILES string of the molecule is CCCN=C(NCCc1ccco1)NC1CCN(c2ncccc2F)C1. The Bertz CT molecular complexity index is 704. The van der Waals surface area contributed by atoms with Gasteiger partial charge in [0.15, 0.2) is 17.6 Å². The quantitative estimate of drug-likeness (QED) is 0.588. The van der Waals surface area contributed by atoms with Gasteiger partial charge in [0.2, 0.25) is 0 Å². The van der Waals surface area contributed by atoms with Crippen molar-refractivity contribution < 1.29 is 8.81 Å². The monoisotopic (exact) mass is 359 g/mol. The molecule has 0 amide bonds. The smallest absolute Gasteiger partial charge is 0.191 e. The van der Waals surface area contributed by atoms with E-state index in [0.29, 0.717) is 12.4 Å². The number of nitrogens with one attached hydrogen (secondary N) is 2. The summed E-state index contributed by atoms with van der Waals surface area (Å²) in [5.41, 5.74) is 0. The molecular weight excluding hydrogens is 333 g/mol. The van der Waals surface area contributed by atoms with Gasteiger partial charge in [-0.3, -0.25) is 4.99 Å². The van der Waals surface area contributed by atoms with Crippen LogP contribution in [0.25, 0.3) is 0 Å². The number of rotatable bonds is 7. The maximum atomic E-state index is 13.9. The molecule has 2 N–H and O–H groups in total. The molecule has 0 radical (unpaired) electrons. The third-order valence-electron chi connectivity index (χ3n) is 4.31. The highest BCUT2D eigenvalue weighted by Crippen LogP contribution is 2.20. The minimum Gasteiger partial charge on any atom is -0.469 e. The molecule has 1 atom stereocenters. The van der Waals surface area contributed by atoms with E-state index in [1.165, 1.54) is 6.07 Å². The number of hydrogen-bond acceptors (Lipinski definition) is 4. The van der Waals surface area contributed by atoms with Crippen LogP contribution in [0.2, 0.25) is 0 Å². The van der Waals surface area contributed by atoms with E-state index >= 15 is 0 Å². The number of furan rings is 1. The molecule has 26 heavy (non-hydrogen) atoms. The molecule has 0 aliphatic carbocycles. The topological polar surface area (TPSA) is 65.7 Å². The van der Waals surface area contributed by atoms with Crippen LogP contribution in [0, 0.1) is 5.82 Å². The Morgan fingerprint density at radius 1 is 1.42 bits per heavy atom. The molecule has 7 heteroatoms. The third kappa shape index (κ3) is 4.97. The van der Waals surface area contributed by atoms with E-state index in [-0.39, 0.29) is 11.9 Å². The number of hydrogen-bond donors (Lipinski definition) is 2. The van der Waals surface area contributed by atoms with Crippen molar-refractivity contribution >= 4 is 11.8 Å². The first-order chi connectivity index (χ1) is 12.8. The Labute approximate surface area is 153 Å². The lowest BCUT2D eigenvalue weighted by molar-refractivity contribution is 0.506. The molecule has 2 aromatic heterocycles. The highest BCUT2D eigenvalue weighted by molar-refractivity contribution is 5.80. The predicted octanol–water partition coefficient (Wildman–Crippen LogP) is 2.58. The van der Waals surface area contributed by atoms with Gasteiger partial charge in [-0.15, -0.1) is 0 Å². The van der Waals surface area contributed by atoms with Crippen LogP contribution in [0.3, 0.4) is 0 Å². The van der Waals surface area contributed by atoms with Gasteiger partial charge in [0.1, 0.15) is 5.76 Å². The van der Waals surface area contributed by atoms with Crippen molar-refractivity contribution in [3.63, 3.8) is 0 Å². The molecule has 1 aliphatic heterocycles. The summed E-state index contributed by atoms with van der Waals surface area (Å²) < 4.78 is 19.3. The summed E-state index contributed by atoms with van der Waals surface area (Å²) in [6, 6.07) is 7.14. The van der Waals surface area contributed by atoms with Crippen molar-refractivity contribution in [3.8, 4) is 0 Å². The Balaban J connectivity index is 1.53. The van der Waals surface area contributed by atoms with Crippen molar-refractivity contribution in [1.82, 2.24) is 15.6 Å². The van der Waals surface area contributed by atoms with Gasteiger partial charge in [-0.05, 0) is 37.1 Å². The summed E-state index contributed by atoms with van der Waals surface area (Å²) in [7, 11) is 0. The fraction of sp³-hybridized carbons (Fsp3) is 0.474. The zero-order valence-electron chi connectivity index (χ0n) is 15.1. The first-order valence-corrected chi connectivity index (χ1v) is 9.19. The second-order valence-electron chi connectivity index (χ2n) is 6.37. The van der Waals surface area contributed by atoms with Gasteiger partial charge in [0.05, 0.1) is 6.26 Å². The van der Waals surface area contributed by atoms with E-state index in [1.807, 2.05) is 17.0 Å². The van der Waals surface area contributed by atoms with Gasteiger partial charge in [-0.1, -0.05) is 6.92 Å². The lowest BCUT2D eigenvalue weighted by atomic mass is 10.3. The molecule has 2 aromatic rings. The van der Waals surface area contributed by atoms with Crippen LogP contribution < -0.4 is 15.5 Å². The first-order valence-electron chi connectivity index (χ1n) is 9.19. The van der Waals surface area contributed by atoms with Crippen molar-refractivity contribution in [1.29, 1.82) is 0 Å². The predicted molar refractivity (Wildman–Crippen MR) is 101 cm³/mol. The molecule has 0 saturated carbocycles. The molecule has 3 heterocycles. The van der Waals surface area contributed by atoms with Crippen molar-refractivity contribution in [3.05, 3.63) is 48.3 Å². The Hall–Kier alpha value is -2.57. The van der Waals surface area contributed by atoms with Gasteiger partial charge < -0.3 is 20.0 Å². The molecule has 1 saturated heterocycles. The van der Waals surface area contributed by atoms with Gasteiger partial charge >= 0.3 is 0 Å². The summed E-state index contributed by atoms with van der Waals surface area (Å²) in [6.45, 7) is 5.10. The molecule has 1 aliphatic rings. The lowest BCUT2D eigenvalue weighted by Crippen LogP contribution is -2.45. The van der Waals surface area contributed by atoms with Crippen LogP contribution >= 0.6 is 0 Å². The van der Waals surface area contributed by atoms with Crippen LogP contribution in [0.5, 0.6) is 0 Å². The minimum absolute atomic E-state index is 0.211. The first kappa shape index (κ1) is 18.2. The lowest BCUT2D eigenvalue weighted by Gasteiger charge is -2.20. The van der Waals surface area contributed by atoms with Gasteiger partial charge in [0.25, 0.3) is 0 Å². The number of halogens is 1. The van der Waals surface area contributed by atoms with E-state index < -0.39 is 0 Å². The summed E-state index contributed by atoms with van der Waals surface area (Å²) in [5.74, 6) is 1.90. The molecule has 0 aromatic carbocycles. The van der Waals surface area contributed by atoms with Crippen molar-refractivity contribution in [2.24, 2.45) is 4.99 Å². The van der Waals surface area contributed by atoms with E-state index in [9.17, 15) is 4.39 Å². The van der Waals surface area contributed by atoms with Crippen LogP contribution in [0.1, 0.15) is 25.5 Å². The van der Waals surface area contributed by atoms with Crippen LogP contribution in [-0.2, 0) is 6.42 Å². The third-order valence-corrected chi connectivity index (χ3v) is 4.31. The minimum atomic E-state index is -0.274. The fourth-order valence-corrected chi connectivity index (χ4v) is 3.01. The van der Waals surface area contributed by atoms with Gasteiger partial charge in [-0.2, -0.15) is 0 Å². The van der Waals surface area contributed by atoms with Crippen molar-refractivity contribution in [2.45, 2.75) is 32.2 Å². The number of aliphatic imine (C=N–C) groups is 1. The molecule has 3 rings (SSSR count). The second-order valence-corrected chi connectivity index (χ2v) is 6.37. The molecule has 1 unspecified atom stereocenters. The molecule has 0 spiro atoms. The van der Waals surface area contributed by atoms with E-state index in [0.717, 1.165) is 50.6 Å². The highest BCUT2D eigenvalue weighted by atomic mass is 19.1. The van der Waals surface area contributed by atoms with E-state index in [1.54, 1.807) is 18.5 Å². The normalized spacial score (nSPS) is 17.5. The number of anilines is 1. The number of guanidine groups is 1. The maximum absolute atomic E-state index is 13.9. The average molecular weight is 359 g/mol. The maximum Gasteiger partial charge on any atom is 0.191 e. The summed E-state index contributed by atoms with van der Waals surface area (Å²) >= 11 is 0. The van der Waals surface area contributed by atoms with Crippen molar-refractivity contribution in [2.75, 3.05) is 31.1 Å². The summed E-state index contributed by atoms with van der Waals surface area (Å²) in [6.07, 6.45) is 6.02. The average Bonchev–Trinajstić information content (AvgIpc) is 3.32. The Morgan fingerprint density at radius 2 is 2.35 bits per heavy atom. The molecule has 0 bridgehead atoms. The Morgan fingerprint density at radius 3 is 3.12 bits per heavy atom. The standard InChI is InChI=1S/C19H26FN5O/c1-2-9-22-19(23-11-7-16-5-4-13-26-16)24-15-8-12-25(14-15)18-17(20)6-3-10-21-18/h3-6,10,13,15H,2,7-9,11-12,14H2,1H3,(H2,22,23,24). The van der Waals surface area contributed by atoms with Crippen LogP contribution in [0.4, 0.5) is 10.2 Å². The zero-order chi connectivity index (χ0) is 18.2. The molecule has 6 nitrogen and oxygen atoms in total. The molecule has 1 fully saturated rings. The summed E-state index contributed by atoms with van der Waals surface area (Å²) in [5, 5.41) is 6.82.